The number of hydrogen-bond donors (Lipinski definition) is 0. The number of fused-ring (bicyclic) bond motifs is 3. The molecule has 1 saturated carbocycles. The van der Waals surface area contributed by atoms with E-state index in [-0.39, 0.29) is 5.91 Å². The van der Waals surface area contributed by atoms with Crippen LogP contribution in [0.2, 0.25) is 0 Å². The maximum absolute atomic E-state index is 13.1. The molecule has 0 radical (unpaired) electrons. The van der Waals surface area contributed by atoms with Gasteiger partial charge >= 0.3 is 0 Å². The third-order valence-electron chi connectivity index (χ3n) is 7.14. The Morgan fingerprint density at radius 2 is 1.94 bits per heavy atom. The zero-order valence-electron chi connectivity index (χ0n) is 17.8. The number of carbonyl (C=O) groups is 1. The lowest BCUT2D eigenvalue weighted by atomic mass is 9.94. The van der Waals surface area contributed by atoms with Gasteiger partial charge in [0, 0.05) is 47.9 Å². The van der Waals surface area contributed by atoms with E-state index in [1.807, 2.05) is 47.4 Å². The van der Waals surface area contributed by atoms with Crippen LogP contribution in [0.4, 0.5) is 0 Å². The van der Waals surface area contributed by atoms with Gasteiger partial charge < -0.3 is 9.64 Å². The summed E-state index contributed by atoms with van der Waals surface area (Å²) in [7, 11) is 1.70. The fraction of sp³-hybridized carbons (Fsp3) is 0.385. The molecule has 31 heavy (non-hydrogen) atoms. The van der Waals surface area contributed by atoms with Gasteiger partial charge in [0.25, 0.3) is 5.91 Å². The fourth-order valence-electron chi connectivity index (χ4n) is 5.38. The Balaban J connectivity index is 1.36. The van der Waals surface area contributed by atoms with Crippen LogP contribution in [0.25, 0.3) is 11.3 Å². The van der Waals surface area contributed by atoms with Gasteiger partial charge in [-0.25, -0.2) is 0 Å². The van der Waals surface area contributed by atoms with Crippen molar-refractivity contribution in [3.05, 3.63) is 71.4 Å². The van der Waals surface area contributed by atoms with Crippen molar-refractivity contribution in [1.82, 2.24) is 14.7 Å². The summed E-state index contributed by atoms with van der Waals surface area (Å²) in [6, 6.07) is 17.9. The van der Waals surface area contributed by atoms with Gasteiger partial charge in [-0.3, -0.25) is 9.48 Å². The molecule has 158 valence electrons. The Hall–Kier alpha value is -3.08. The Bertz CT molecular complexity index is 1130. The van der Waals surface area contributed by atoms with E-state index in [1.54, 1.807) is 7.11 Å². The predicted molar refractivity (Wildman–Crippen MR) is 119 cm³/mol. The zero-order valence-corrected chi connectivity index (χ0v) is 17.8. The van der Waals surface area contributed by atoms with Gasteiger partial charge in [0.15, 0.2) is 0 Å². The molecule has 1 aliphatic heterocycles. The van der Waals surface area contributed by atoms with E-state index in [0.717, 1.165) is 54.5 Å². The van der Waals surface area contributed by atoms with E-state index in [4.69, 9.17) is 9.84 Å². The number of carbonyl (C=O) groups excluding carboxylic acids is 1. The van der Waals surface area contributed by atoms with Crippen molar-refractivity contribution in [3.8, 4) is 17.0 Å². The lowest BCUT2D eigenvalue weighted by molar-refractivity contribution is 0.0785. The van der Waals surface area contributed by atoms with Crippen LogP contribution in [-0.2, 0) is 13.0 Å². The molecule has 5 heteroatoms. The molecule has 2 atom stereocenters. The van der Waals surface area contributed by atoms with Crippen LogP contribution >= 0.6 is 0 Å². The van der Waals surface area contributed by atoms with Gasteiger partial charge in [-0.2, -0.15) is 5.10 Å². The molecule has 6 rings (SSSR count). The van der Waals surface area contributed by atoms with Crippen molar-refractivity contribution in [2.75, 3.05) is 20.2 Å². The summed E-state index contributed by atoms with van der Waals surface area (Å²) < 4.78 is 7.75. The van der Waals surface area contributed by atoms with Crippen molar-refractivity contribution in [1.29, 1.82) is 0 Å². The highest BCUT2D eigenvalue weighted by Gasteiger charge is 2.46. The molecule has 0 bridgehead atoms. The number of nitrogens with zero attached hydrogens (tertiary/aromatic N) is 3. The number of aromatic nitrogens is 2. The first kappa shape index (κ1) is 18.7. The first-order valence-electron chi connectivity index (χ1n) is 11.3. The largest absolute Gasteiger partial charge is 0.497 e. The molecule has 1 saturated heterocycles. The van der Waals surface area contributed by atoms with Crippen molar-refractivity contribution in [2.24, 2.45) is 11.8 Å². The minimum atomic E-state index is 0.143. The lowest BCUT2D eigenvalue weighted by Crippen LogP contribution is -2.29. The van der Waals surface area contributed by atoms with Gasteiger partial charge in [0.2, 0.25) is 0 Å². The van der Waals surface area contributed by atoms with Crippen molar-refractivity contribution >= 4 is 5.91 Å². The second kappa shape index (κ2) is 7.26. The number of hydrogen-bond acceptors (Lipinski definition) is 3. The third kappa shape index (κ3) is 3.23. The van der Waals surface area contributed by atoms with E-state index in [2.05, 4.69) is 16.8 Å². The van der Waals surface area contributed by atoms with Crippen molar-refractivity contribution < 1.29 is 9.53 Å². The number of methoxy groups -OCH3 is 1. The van der Waals surface area contributed by atoms with Crippen LogP contribution < -0.4 is 4.74 Å². The van der Waals surface area contributed by atoms with E-state index in [9.17, 15) is 4.79 Å². The molecular weight excluding hydrogens is 386 g/mol. The minimum absolute atomic E-state index is 0.143. The molecular formula is C26H27N3O2. The van der Waals surface area contributed by atoms with Crippen LogP contribution in [0.3, 0.4) is 0 Å². The van der Waals surface area contributed by atoms with Gasteiger partial charge in [-0.1, -0.05) is 30.3 Å². The molecule has 0 unspecified atom stereocenters. The summed E-state index contributed by atoms with van der Waals surface area (Å²) in [6.45, 7) is 2.63. The maximum Gasteiger partial charge on any atom is 0.253 e. The molecule has 3 aliphatic rings. The second-order valence-electron chi connectivity index (χ2n) is 9.21. The maximum atomic E-state index is 13.1. The molecule has 3 aromatic rings. The fourth-order valence-corrected chi connectivity index (χ4v) is 5.38. The zero-order chi connectivity index (χ0) is 20.9. The molecule has 1 amide bonds. The monoisotopic (exact) mass is 413 g/mol. The molecule has 2 aromatic carbocycles. The first-order valence-corrected chi connectivity index (χ1v) is 11.3. The highest BCUT2D eigenvalue weighted by Crippen LogP contribution is 2.48. The number of benzene rings is 2. The van der Waals surface area contributed by atoms with Crippen molar-refractivity contribution in [3.63, 3.8) is 0 Å². The standard InChI is InChI=1S/C26H27N3O2/c1-31-21-9-5-8-19(12-21)25-24-22-16-28(26(30)18-6-3-2-4-7-18)15-20(22)13-23(24)29(27-25)14-17-10-11-17/h2-9,12,17,20,22H,10-11,13-16H2,1H3/t20-,22+/m0/s1. The molecule has 1 aromatic heterocycles. The quantitative estimate of drug-likeness (QED) is 0.624. The molecule has 2 aliphatic carbocycles. The third-order valence-corrected chi connectivity index (χ3v) is 7.14. The smallest absolute Gasteiger partial charge is 0.253 e. The van der Waals surface area contributed by atoms with Gasteiger partial charge in [-0.05, 0) is 55.4 Å². The minimum Gasteiger partial charge on any atom is -0.497 e. The first-order chi connectivity index (χ1) is 15.2. The average molecular weight is 414 g/mol. The number of ether oxygens (including phenoxy) is 1. The summed E-state index contributed by atoms with van der Waals surface area (Å²) in [5.74, 6) is 2.61. The van der Waals surface area contributed by atoms with Gasteiger partial charge in [0.1, 0.15) is 5.75 Å². The van der Waals surface area contributed by atoms with Crippen LogP contribution in [0.15, 0.2) is 54.6 Å². The number of rotatable bonds is 5. The van der Waals surface area contributed by atoms with Crippen LogP contribution in [0.1, 0.15) is 40.4 Å². The Morgan fingerprint density at radius 3 is 2.71 bits per heavy atom. The summed E-state index contributed by atoms with van der Waals surface area (Å²) in [6.07, 6.45) is 3.65. The average Bonchev–Trinajstić information content (AvgIpc) is 3.28. The van der Waals surface area contributed by atoms with E-state index in [1.165, 1.54) is 24.1 Å². The Kier molecular flexibility index (Phi) is 4.37. The molecule has 5 nitrogen and oxygen atoms in total. The SMILES string of the molecule is COc1cccc(-c2nn(CC3CC3)c3c2[C@@H]2CN(C(=O)c4ccccc4)C[C@@H]2C3)c1. The topological polar surface area (TPSA) is 47.4 Å². The van der Waals surface area contributed by atoms with Gasteiger partial charge in [-0.15, -0.1) is 0 Å². The molecule has 0 spiro atoms. The Morgan fingerprint density at radius 1 is 1.10 bits per heavy atom. The summed E-state index contributed by atoms with van der Waals surface area (Å²) in [4.78, 5) is 15.1. The molecule has 2 heterocycles. The van der Waals surface area contributed by atoms with Crippen molar-refractivity contribution in [2.45, 2.75) is 31.7 Å². The summed E-state index contributed by atoms with van der Waals surface area (Å²) >= 11 is 0. The summed E-state index contributed by atoms with van der Waals surface area (Å²) in [5.41, 5.74) is 5.73. The van der Waals surface area contributed by atoms with Gasteiger partial charge in [0.05, 0.1) is 12.8 Å². The van der Waals surface area contributed by atoms with Crippen LogP contribution in [-0.4, -0.2) is 40.8 Å². The van der Waals surface area contributed by atoms with E-state index < -0.39 is 0 Å². The highest BCUT2D eigenvalue weighted by molar-refractivity contribution is 5.94. The lowest BCUT2D eigenvalue weighted by Gasteiger charge is -2.17. The summed E-state index contributed by atoms with van der Waals surface area (Å²) in [5, 5.41) is 5.10. The van der Waals surface area contributed by atoms with Crippen LogP contribution in [0, 0.1) is 11.8 Å². The van der Waals surface area contributed by atoms with E-state index >= 15 is 0 Å². The van der Waals surface area contributed by atoms with E-state index in [0.29, 0.717) is 11.8 Å². The molecule has 2 fully saturated rings. The predicted octanol–water partition coefficient (Wildman–Crippen LogP) is 4.38. The normalized spacial score (nSPS) is 21.8. The number of amides is 1. The highest BCUT2D eigenvalue weighted by atomic mass is 16.5. The molecule has 0 N–H and O–H groups in total. The Labute approximate surface area is 182 Å². The van der Waals surface area contributed by atoms with Crippen LogP contribution in [0.5, 0.6) is 5.75 Å². The second-order valence-corrected chi connectivity index (χ2v) is 9.21. The number of likely N-dealkylation sites (tertiary alicyclic amines) is 1.